The standard InChI is InChI=1S/C26H21N3O3S/c1-3-29-20-7-5-4-6-18(20)23(30)22(26(29)32)24(31)27-17-11-9-16(10-12-17)25-28-19-13-8-15(2)14-21(19)33-25/h4-14,30H,3H2,1-2H3,(H,27,31). The lowest BCUT2D eigenvalue weighted by atomic mass is 10.1. The topological polar surface area (TPSA) is 84.2 Å². The number of benzene rings is 3. The molecule has 0 fully saturated rings. The number of pyridine rings is 1. The summed E-state index contributed by atoms with van der Waals surface area (Å²) in [4.78, 5) is 30.6. The average Bonchev–Trinajstić information content (AvgIpc) is 3.23. The Balaban J connectivity index is 1.46. The van der Waals surface area contributed by atoms with Gasteiger partial charge in [-0.25, -0.2) is 4.98 Å². The number of carbonyl (C=O) groups is 1. The fourth-order valence-corrected chi connectivity index (χ4v) is 5.02. The molecule has 2 heterocycles. The fraction of sp³-hybridized carbons (Fsp3) is 0.115. The lowest BCUT2D eigenvalue weighted by Crippen LogP contribution is -2.29. The van der Waals surface area contributed by atoms with Gasteiger partial charge in [0.1, 0.15) is 16.3 Å². The summed E-state index contributed by atoms with van der Waals surface area (Å²) in [7, 11) is 0. The van der Waals surface area contributed by atoms with E-state index in [0.717, 1.165) is 20.8 Å². The predicted octanol–water partition coefficient (Wildman–Crippen LogP) is 5.56. The smallest absolute Gasteiger partial charge is 0.267 e. The third-order valence-corrected chi connectivity index (χ3v) is 6.69. The van der Waals surface area contributed by atoms with Crippen LogP contribution < -0.4 is 10.9 Å². The molecule has 6 nitrogen and oxygen atoms in total. The largest absolute Gasteiger partial charge is 0.506 e. The van der Waals surface area contributed by atoms with Gasteiger partial charge in [-0.2, -0.15) is 0 Å². The van der Waals surface area contributed by atoms with E-state index in [2.05, 4.69) is 23.3 Å². The second-order valence-corrected chi connectivity index (χ2v) is 8.84. The number of aromatic hydroxyl groups is 1. The predicted molar refractivity (Wildman–Crippen MR) is 133 cm³/mol. The Hall–Kier alpha value is -3.97. The molecule has 1 amide bonds. The van der Waals surface area contributed by atoms with Crippen LogP contribution in [0, 0.1) is 6.92 Å². The SMILES string of the molecule is CCn1c(=O)c(C(=O)Nc2ccc(-c3nc4ccc(C)cc4s3)cc2)c(O)c2ccccc21. The highest BCUT2D eigenvalue weighted by Crippen LogP contribution is 2.32. The summed E-state index contributed by atoms with van der Waals surface area (Å²) < 4.78 is 2.61. The van der Waals surface area contributed by atoms with Gasteiger partial charge in [0, 0.05) is 23.2 Å². The fourth-order valence-electron chi connectivity index (χ4n) is 3.95. The van der Waals surface area contributed by atoms with Gasteiger partial charge in [0.15, 0.2) is 0 Å². The summed E-state index contributed by atoms with van der Waals surface area (Å²) >= 11 is 1.61. The Labute approximate surface area is 193 Å². The number of carbonyl (C=O) groups excluding carboxylic acids is 1. The lowest BCUT2D eigenvalue weighted by Gasteiger charge is -2.13. The van der Waals surface area contributed by atoms with Crippen LogP contribution >= 0.6 is 11.3 Å². The number of aromatic nitrogens is 2. The molecule has 0 aliphatic rings. The van der Waals surface area contributed by atoms with Gasteiger partial charge in [-0.15, -0.1) is 11.3 Å². The Bertz CT molecular complexity index is 1580. The van der Waals surface area contributed by atoms with E-state index < -0.39 is 11.5 Å². The molecule has 2 aromatic heterocycles. The summed E-state index contributed by atoms with van der Waals surface area (Å²) in [6.45, 7) is 4.27. The Kier molecular flexibility index (Phi) is 5.18. The number of nitrogens with zero attached hydrogens (tertiary/aromatic N) is 2. The van der Waals surface area contributed by atoms with E-state index in [1.807, 2.05) is 31.2 Å². The summed E-state index contributed by atoms with van der Waals surface area (Å²) in [6, 6.07) is 20.5. The molecule has 2 N–H and O–H groups in total. The molecular formula is C26H21N3O3S. The number of aryl methyl sites for hydroxylation is 2. The minimum absolute atomic E-state index is 0.263. The number of anilines is 1. The van der Waals surface area contributed by atoms with Gasteiger partial charge in [-0.1, -0.05) is 18.2 Å². The van der Waals surface area contributed by atoms with E-state index in [1.165, 1.54) is 10.1 Å². The van der Waals surface area contributed by atoms with Crippen molar-refractivity contribution in [2.75, 3.05) is 5.32 Å². The summed E-state index contributed by atoms with van der Waals surface area (Å²) in [5.41, 5.74) is 3.42. The summed E-state index contributed by atoms with van der Waals surface area (Å²) in [5, 5.41) is 14.8. The van der Waals surface area contributed by atoms with E-state index in [-0.39, 0.29) is 11.3 Å². The van der Waals surface area contributed by atoms with Crippen LogP contribution in [-0.2, 0) is 6.54 Å². The average molecular weight is 456 g/mol. The van der Waals surface area contributed by atoms with Crippen molar-refractivity contribution in [1.82, 2.24) is 9.55 Å². The maximum absolute atomic E-state index is 13.0. The van der Waals surface area contributed by atoms with Crippen LogP contribution in [0.5, 0.6) is 5.75 Å². The number of nitrogens with one attached hydrogen (secondary N) is 1. The van der Waals surface area contributed by atoms with Gasteiger partial charge >= 0.3 is 0 Å². The first kappa shape index (κ1) is 20.9. The second-order valence-electron chi connectivity index (χ2n) is 7.81. The lowest BCUT2D eigenvalue weighted by molar-refractivity contribution is 0.102. The molecule has 0 bridgehead atoms. The minimum atomic E-state index is -0.645. The van der Waals surface area contributed by atoms with Crippen LogP contribution in [0.25, 0.3) is 31.7 Å². The normalized spacial score (nSPS) is 11.2. The summed E-state index contributed by atoms with van der Waals surface area (Å²) in [6.07, 6.45) is 0. The van der Waals surface area contributed by atoms with Crippen molar-refractivity contribution in [2.24, 2.45) is 0 Å². The maximum atomic E-state index is 13.0. The monoisotopic (exact) mass is 455 g/mol. The molecule has 33 heavy (non-hydrogen) atoms. The third-order valence-electron chi connectivity index (χ3n) is 5.62. The minimum Gasteiger partial charge on any atom is -0.506 e. The van der Waals surface area contributed by atoms with Crippen LogP contribution in [0.2, 0.25) is 0 Å². The van der Waals surface area contributed by atoms with Crippen molar-refractivity contribution in [3.05, 3.63) is 88.2 Å². The van der Waals surface area contributed by atoms with Gasteiger partial charge in [0.2, 0.25) is 0 Å². The number of rotatable bonds is 4. The highest BCUT2D eigenvalue weighted by molar-refractivity contribution is 7.21. The number of fused-ring (bicyclic) bond motifs is 2. The molecule has 164 valence electrons. The first-order chi connectivity index (χ1) is 16.0. The Morgan fingerprint density at radius 1 is 1.09 bits per heavy atom. The second kappa shape index (κ2) is 8.18. The van der Waals surface area contributed by atoms with Gasteiger partial charge in [-0.05, 0) is 67.9 Å². The number of amides is 1. The summed E-state index contributed by atoms with van der Waals surface area (Å²) in [5.74, 6) is -0.951. The molecule has 0 saturated carbocycles. The number of hydrogen-bond donors (Lipinski definition) is 2. The molecule has 7 heteroatoms. The van der Waals surface area contributed by atoms with E-state index in [4.69, 9.17) is 0 Å². The van der Waals surface area contributed by atoms with Gasteiger partial charge in [0.05, 0.1) is 15.7 Å². The van der Waals surface area contributed by atoms with Gasteiger partial charge < -0.3 is 15.0 Å². The van der Waals surface area contributed by atoms with E-state index in [9.17, 15) is 14.7 Å². The zero-order valence-electron chi connectivity index (χ0n) is 18.1. The first-order valence-electron chi connectivity index (χ1n) is 10.6. The molecule has 0 unspecified atom stereocenters. The van der Waals surface area contributed by atoms with Crippen molar-refractivity contribution in [1.29, 1.82) is 0 Å². The molecule has 0 radical (unpaired) electrons. The maximum Gasteiger partial charge on any atom is 0.267 e. The van der Waals surface area contributed by atoms with Crippen LogP contribution in [0.1, 0.15) is 22.8 Å². The zero-order chi connectivity index (χ0) is 23.1. The molecule has 5 rings (SSSR count). The van der Waals surface area contributed by atoms with Crippen molar-refractivity contribution >= 4 is 44.1 Å². The van der Waals surface area contributed by atoms with Crippen molar-refractivity contribution in [2.45, 2.75) is 20.4 Å². The number of para-hydroxylation sites is 1. The molecule has 0 saturated heterocycles. The zero-order valence-corrected chi connectivity index (χ0v) is 18.9. The Morgan fingerprint density at radius 3 is 2.61 bits per heavy atom. The van der Waals surface area contributed by atoms with Crippen molar-refractivity contribution in [3.63, 3.8) is 0 Å². The van der Waals surface area contributed by atoms with Gasteiger partial charge in [-0.3, -0.25) is 9.59 Å². The van der Waals surface area contributed by atoms with E-state index >= 15 is 0 Å². The van der Waals surface area contributed by atoms with Gasteiger partial charge in [0.25, 0.3) is 11.5 Å². The van der Waals surface area contributed by atoms with E-state index in [0.29, 0.717) is 23.1 Å². The molecular weight excluding hydrogens is 434 g/mol. The third kappa shape index (κ3) is 3.66. The molecule has 5 aromatic rings. The molecule has 0 aliphatic carbocycles. The molecule has 0 spiro atoms. The van der Waals surface area contributed by atoms with E-state index in [1.54, 1.807) is 47.7 Å². The highest BCUT2D eigenvalue weighted by atomic mass is 32.1. The van der Waals surface area contributed by atoms with Crippen LogP contribution in [0.3, 0.4) is 0 Å². The molecule has 0 atom stereocenters. The van der Waals surface area contributed by atoms with Crippen LogP contribution in [-0.4, -0.2) is 20.6 Å². The van der Waals surface area contributed by atoms with Crippen LogP contribution in [0.15, 0.2) is 71.5 Å². The van der Waals surface area contributed by atoms with Crippen LogP contribution in [0.4, 0.5) is 5.69 Å². The Morgan fingerprint density at radius 2 is 1.85 bits per heavy atom. The molecule has 0 aliphatic heterocycles. The number of thiazole rings is 1. The first-order valence-corrected chi connectivity index (χ1v) is 11.4. The van der Waals surface area contributed by atoms with Crippen molar-refractivity contribution < 1.29 is 9.90 Å². The highest BCUT2D eigenvalue weighted by Gasteiger charge is 2.22. The number of hydrogen-bond acceptors (Lipinski definition) is 5. The van der Waals surface area contributed by atoms with Crippen molar-refractivity contribution in [3.8, 4) is 16.3 Å². The quantitative estimate of drug-likeness (QED) is 0.371. The molecule has 3 aromatic carbocycles.